The number of carbonyl (C=O) groups is 1. The average Bonchev–Trinajstić information content (AvgIpc) is 2.76. The van der Waals surface area contributed by atoms with Crippen LogP contribution in [0, 0.1) is 17.7 Å². The Bertz CT molecular complexity index is 475. The molecule has 18 heavy (non-hydrogen) atoms. The molecule has 3 nitrogen and oxygen atoms in total. The molecule has 2 atom stereocenters. The molecule has 1 saturated carbocycles. The fourth-order valence-electron chi connectivity index (χ4n) is 2.50. The highest BCUT2D eigenvalue weighted by Crippen LogP contribution is 2.41. The van der Waals surface area contributed by atoms with Gasteiger partial charge in [0.2, 0.25) is 0 Å². The summed E-state index contributed by atoms with van der Waals surface area (Å²) in [5.41, 5.74) is 0.378. The summed E-state index contributed by atoms with van der Waals surface area (Å²) in [5, 5.41) is 6.22. The number of benzene rings is 1. The zero-order chi connectivity index (χ0) is 12.0. The van der Waals surface area contributed by atoms with Gasteiger partial charge in [-0.15, -0.1) is 12.4 Å². The van der Waals surface area contributed by atoms with E-state index in [9.17, 15) is 9.18 Å². The molecule has 2 unspecified atom stereocenters. The van der Waals surface area contributed by atoms with Gasteiger partial charge in [0.05, 0.1) is 4.47 Å². The summed E-state index contributed by atoms with van der Waals surface area (Å²) in [6.45, 7) is 1.95. The molecule has 0 bridgehead atoms. The van der Waals surface area contributed by atoms with E-state index in [1.165, 1.54) is 6.07 Å². The molecular weight excluding hydrogens is 323 g/mol. The van der Waals surface area contributed by atoms with Crippen LogP contribution in [0.5, 0.6) is 0 Å². The number of nitrogens with one attached hydrogen (secondary N) is 2. The fourth-order valence-corrected chi connectivity index (χ4v) is 2.75. The Morgan fingerprint density at radius 3 is 2.67 bits per heavy atom. The van der Waals surface area contributed by atoms with E-state index in [1.54, 1.807) is 12.1 Å². The van der Waals surface area contributed by atoms with E-state index in [2.05, 4.69) is 26.6 Å². The molecule has 98 valence electrons. The number of carbonyl (C=O) groups excluding carboxylic acids is 1. The fraction of sp³-hybridized carbons (Fsp3) is 0.417. The lowest BCUT2D eigenvalue weighted by atomic mass is 10.2. The number of rotatable bonds is 2. The maximum atomic E-state index is 13.3. The van der Waals surface area contributed by atoms with E-state index in [0.717, 1.165) is 13.1 Å². The van der Waals surface area contributed by atoms with Crippen molar-refractivity contribution in [2.75, 3.05) is 13.1 Å². The predicted molar refractivity (Wildman–Crippen MR) is 72.5 cm³/mol. The Morgan fingerprint density at radius 1 is 1.39 bits per heavy atom. The van der Waals surface area contributed by atoms with Crippen LogP contribution >= 0.6 is 28.3 Å². The molecule has 1 heterocycles. The second-order valence-corrected chi connectivity index (χ2v) is 5.47. The van der Waals surface area contributed by atoms with E-state index in [1.807, 2.05) is 0 Å². The molecule has 1 aliphatic carbocycles. The lowest BCUT2D eigenvalue weighted by molar-refractivity contribution is 0.0946. The first-order valence-corrected chi connectivity index (χ1v) is 6.43. The third-order valence-corrected chi connectivity index (χ3v) is 4.21. The molecule has 2 N–H and O–H groups in total. The zero-order valence-corrected chi connectivity index (χ0v) is 11.9. The van der Waals surface area contributed by atoms with Crippen LogP contribution in [0.3, 0.4) is 0 Å². The van der Waals surface area contributed by atoms with Crippen LogP contribution in [0.4, 0.5) is 4.39 Å². The van der Waals surface area contributed by atoms with Gasteiger partial charge in [0, 0.05) is 24.7 Å². The molecule has 0 spiro atoms. The van der Waals surface area contributed by atoms with Crippen LogP contribution in [-0.4, -0.2) is 25.0 Å². The van der Waals surface area contributed by atoms with E-state index in [0.29, 0.717) is 21.9 Å². The second-order valence-electron chi connectivity index (χ2n) is 4.61. The first-order valence-electron chi connectivity index (χ1n) is 5.63. The summed E-state index contributed by atoms with van der Waals surface area (Å²) in [5.74, 6) is 0.546. The number of halogens is 3. The number of hydrogen-bond acceptors (Lipinski definition) is 2. The molecule has 1 aromatic rings. The van der Waals surface area contributed by atoms with E-state index in [4.69, 9.17) is 0 Å². The molecule has 1 aromatic carbocycles. The van der Waals surface area contributed by atoms with Crippen LogP contribution in [-0.2, 0) is 0 Å². The van der Waals surface area contributed by atoms with E-state index < -0.39 is 5.82 Å². The third-order valence-electron chi connectivity index (χ3n) is 3.57. The van der Waals surface area contributed by atoms with Gasteiger partial charge >= 0.3 is 0 Å². The smallest absolute Gasteiger partial charge is 0.251 e. The van der Waals surface area contributed by atoms with Gasteiger partial charge in [-0.25, -0.2) is 4.39 Å². The van der Waals surface area contributed by atoms with Crippen LogP contribution < -0.4 is 10.6 Å². The highest BCUT2D eigenvalue weighted by Gasteiger charge is 2.53. The zero-order valence-electron chi connectivity index (χ0n) is 9.45. The first-order chi connectivity index (χ1) is 8.16. The molecule has 2 aliphatic rings. The van der Waals surface area contributed by atoms with Crippen molar-refractivity contribution in [3.05, 3.63) is 34.1 Å². The predicted octanol–water partition coefficient (Wildman–Crippen LogP) is 1.96. The summed E-state index contributed by atoms with van der Waals surface area (Å²) >= 11 is 3.07. The van der Waals surface area contributed by atoms with Crippen LogP contribution in [0.2, 0.25) is 0 Å². The van der Waals surface area contributed by atoms with Gasteiger partial charge < -0.3 is 10.6 Å². The van der Waals surface area contributed by atoms with Gasteiger partial charge in [0.1, 0.15) is 5.82 Å². The second kappa shape index (κ2) is 5.15. The summed E-state index contributed by atoms with van der Waals surface area (Å²) in [7, 11) is 0. The standard InChI is InChI=1S/C12H12BrFN2O.ClH/c13-9-2-1-6(3-10(9)14)12(17)16-11-7-4-15-5-8(7)11;/h1-3,7-8,11,15H,4-5H2,(H,16,17);1H. The molecule has 1 amide bonds. The van der Waals surface area contributed by atoms with Gasteiger partial charge in [-0.05, 0) is 46.0 Å². The lowest BCUT2D eigenvalue weighted by Crippen LogP contribution is -2.32. The molecule has 2 fully saturated rings. The van der Waals surface area contributed by atoms with Crippen molar-refractivity contribution in [3.63, 3.8) is 0 Å². The normalized spacial score (nSPS) is 28.2. The van der Waals surface area contributed by atoms with Crippen molar-refractivity contribution in [1.29, 1.82) is 0 Å². The van der Waals surface area contributed by atoms with Gasteiger partial charge in [0.15, 0.2) is 0 Å². The Balaban J connectivity index is 0.00000120. The van der Waals surface area contributed by atoms with E-state index in [-0.39, 0.29) is 24.4 Å². The third kappa shape index (κ3) is 2.39. The van der Waals surface area contributed by atoms with Crippen molar-refractivity contribution in [3.8, 4) is 0 Å². The maximum Gasteiger partial charge on any atom is 0.251 e. The first kappa shape index (κ1) is 13.8. The van der Waals surface area contributed by atoms with Gasteiger partial charge in [-0.1, -0.05) is 0 Å². The van der Waals surface area contributed by atoms with Gasteiger partial charge in [0.25, 0.3) is 5.91 Å². The minimum absolute atomic E-state index is 0. The molecule has 0 radical (unpaired) electrons. The van der Waals surface area contributed by atoms with E-state index >= 15 is 0 Å². The summed E-state index contributed by atoms with van der Waals surface area (Å²) in [6.07, 6.45) is 0. The van der Waals surface area contributed by atoms with Crippen LogP contribution in [0.1, 0.15) is 10.4 Å². The van der Waals surface area contributed by atoms with Crippen molar-refractivity contribution in [1.82, 2.24) is 10.6 Å². The van der Waals surface area contributed by atoms with Crippen molar-refractivity contribution in [2.24, 2.45) is 11.8 Å². The largest absolute Gasteiger partial charge is 0.349 e. The molecule has 1 aliphatic heterocycles. The number of fused-ring (bicyclic) bond motifs is 1. The monoisotopic (exact) mass is 334 g/mol. The number of hydrogen-bond donors (Lipinski definition) is 2. The van der Waals surface area contributed by atoms with Crippen LogP contribution in [0.25, 0.3) is 0 Å². The average molecular weight is 336 g/mol. The van der Waals surface area contributed by atoms with Gasteiger partial charge in [-0.3, -0.25) is 4.79 Å². The Morgan fingerprint density at radius 2 is 2.06 bits per heavy atom. The molecule has 1 saturated heterocycles. The van der Waals surface area contributed by atoms with Crippen molar-refractivity contribution >= 4 is 34.2 Å². The summed E-state index contributed by atoms with van der Waals surface area (Å²) in [6, 6.07) is 4.71. The lowest BCUT2D eigenvalue weighted by Gasteiger charge is -2.08. The Hall–Kier alpha value is -0.650. The minimum Gasteiger partial charge on any atom is -0.349 e. The molecule has 3 rings (SSSR count). The highest BCUT2D eigenvalue weighted by molar-refractivity contribution is 9.10. The van der Waals surface area contributed by atoms with Crippen molar-refractivity contribution < 1.29 is 9.18 Å². The topological polar surface area (TPSA) is 41.1 Å². The Kier molecular flexibility index (Phi) is 3.94. The minimum atomic E-state index is -0.407. The molecular formula is C12H13BrClFN2O. The maximum absolute atomic E-state index is 13.3. The SMILES string of the molecule is Cl.O=C(NC1C2CNCC21)c1ccc(Br)c(F)c1. The Labute approximate surface area is 119 Å². The van der Waals surface area contributed by atoms with Crippen LogP contribution in [0.15, 0.2) is 22.7 Å². The number of piperidine rings is 1. The number of amides is 1. The summed E-state index contributed by atoms with van der Waals surface area (Å²) < 4.78 is 13.7. The molecule has 6 heteroatoms. The van der Waals surface area contributed by atoms with Gasteiger partial charge in [-0.2, -0.15) is 0 Å². The summed E-state index contributed by atoms with van der Waals surface area (Å²) in [4.78, 5) is 11.9. The quantitative estimate of drug-likeness (QED) is 0.867. The molecule has 0 aromatic heterocycles. The van der Waals surface area contributed by atoms with Crippen molar-refractivity contribution in [2.45, 2.75) is 6.04 Å². The highest BCUT2D eigenvalue weighted by atomic mass is 79.9.